The van der Waals surface area contributed by atoms with Crippen LogP contribution in [-0.4, -0.2) is 34.7 Å². The number of rotatable bonds is 1. The summed E-state index contributed by atoms with van der Waals surface area (Å²) >= 11 is 0. The lowest BCUT2D eigenvalue weighted by molar-refractivity contribution is 0.0595. The number of amides is 1. The Kier molecular flexibility index (Phi) is 3.20. The van der Waals surface area contributed by atoms with E-state index < -0.39 is 0 Å². The fraction of sp³-hybridized carbons (Fsp3) is 0.333. The number of hydrogen-bond acceptors (Lipinski definition) is 3. The van der Waals surface area contributed by atoms with Crippen LogP contribution in [0.15, 0.2) is 41.4 Å². The van der Waals surface area contributed by atoms with Gasteiger partial charge in [0.05, 0.1) is 5.69 Å². The van der Waals surface area contributed by atoms with Crippen LogP contribution in [0, 0.1) is 0 Å². The molecule has 2 aliphatic heterocycles. The summed E-state index contributed by atoms with van der Waals surface area (Å²) in [6.07, 6.45) is 5.73. The van der Waals surface area contributed by atoms with Gasteiger partial charge in [0, 0.05) is 36.7 Å². The highest BCUT2D eigenvalue weighted by atomic mass is 16.3. The smallest absolute Gasteiger partial charge is 0.254 e. The highest BCUT2D eigenvalue weighted by Crippen LogP contribution is 2.43. The van der Waals surface area contributed by atoms with Crippen molar-refractivity contribution in [2.75, 3.05) is 6.54 Å². The fourth-order valence-corrected chi connectivity index (χ4v) is 4.68. The minimum atomic E-state index is 0.108. The molecule has 2 heterocycles. The van der Waals surface area contributed by atoms with Gasteiger partial charge < -0.3 is 10.0 Å². The van der Waals surface area contributed by atoms with Crippen molar-refractivity contribution in [2.45, 2.75) is 37.6 Å². The minimum absolute atomic E-state index is 0.108. The monoisotopic (exact) mass is 332 g/mol. The Balaban J connectivity index is 1.46. The van der Waals surface area contributed by atoms with Crippen molar-refractivity contribution in [1.82, 2.24) is 4.90 Å². The minimum Gasteiger partial charge on any atom is -0.508 e. The predicted molar refractivity (Wildman–Crippen MR) is 96.9 cm³/mol. The first kappa shape index (κ1) is 14.7. The van der Waals surface area contributed by atoms with Crippen molar-refractivity contribution in [3.05, 3.63) is 58.7 Å². The summed E-state index contributed by atoms with van der Waals surface area (Å²) in [5, 5.41) is 9.78. The quantitative estimate of drug-likeness (QED) is 0.867. The summed E-state index contributed by atoms with van der Waals surface area (Å²) in [5.74, 6) is 0.809. The Morgan fingerprint density at radius 2 is 2.08 bits per heavy atom. The van der Waals surface area contributed by atoms with E-state index >= 15 is 0 Å². The van der Waals surface area contributed by atoms with Gasteiger partial charge in [-0.25, -0.2) is 0 Å². The van der Waals surface area contributed by atoms with E-state index in [1.807, 2.05) is 41.4 Å². The molecule has 0 radical (unpaired) electrons. The SMILES string of the molecule is O=C(c1ccc2c(c1)N=CC2)N1CCCC2c3ccc(O)cc3C[C@@H]21. The Labute approximate surface area is 146 Å². The average molecular weight is 332 g/mol. The van der Waals surface area contributed by atoms with E-state index in [9.17, 15) is 9.90 Å². The second-order valence-electron chi connectivity index (χ2n) is 7.26. The molecule has 1 saturated heterocycles. The number of piperidine rings is 1. The molecule has 1 fully saturated rings. The maximum Gasteiger partial charge on any atom is 0.254 e. The molecule has 1 amide bonds. The number of aliphatic imine (C=N–C) groups is 1. The standard InChI is InChI=1S/C21H20N2O2/c24-16-5-6-17-15(10-16)12-20-18(17)2-1-9-23(20)21(25)14-4-3-13-7-8-22-19(13)11-14/h3-6,8,10-11,18,20,24H,1-2,7,9,12H2/t18?,20-/m0/s1. The largest absolute Gasteiger partial charge is 0.508 e. The summed E-state index contributed by atoms with van der Waals surface area (Å²) in [6, 6.07) is 11.8. The van der Waals surface area contributed by atoms with Crippen LogP contribution in [0.3, 0.4) is 0 Å². The normalized spacial score (nSPS) is 23.3. The Hall–Kier alpha value is -2.62. The molecule has 5 rings (SSSR count). The van der Waals surface area contributed by atoms with Gasteiger partial charge in [-0.1, -0.05) is 12.1 Å². The second kappa shape index (κ2) is 5.45. The summed E-state index contributed by atoms with van der Waals surface area (Å²) in [5.41, 5.74) is 5.35. The molecule has 2 atom stereocenters. The average Bonchev–Trinajstić information content (AvgIpc) is 3.23. The van der Waals surface area contributed by atoms with Crippen molar-refractivity contribution >= 4 is 17.8 Å². The van der Waals surface area contributed by atoms with Crippen LogP contribution in [0.4, 0.5) is 5.69 Å². The summed E-state index contributed by atoms with van der Waals surface area (Å²) in [4.78, 5) is 19.6. The predicted octanol–water partition coefficient (Wildman–Crippen LogP) is 3.60. The number of benzene rings is 2. The number of aromatic hydroxyl groups is 1. The molecule has 1 aliphatic carbocycles. The van der Waals surface area contributed by atoms with E-state index in [4.69, 9.17) is 0 Å². The maximum atomic E-state index is 13.2. The van der Waals surface area contributed by atoms with Gasteiger partial charge in [0.25, 0.3) is 5.91 Å². The Bertz CT molecular complexity index is 903. The molecular weight excluding hydrogens is 312 g/mol. The Morgan fingerprint density at radius 3 is 3.00 bits per heavy atom. The van der Waals surface area contributed by atoms with Gasteiger partial charge in [0.1, 0.15) is 5.75 Å². The van der Waals surface area contributed by atoms with Gasteiger partial charge in [-0.3, -0.25) is 9.79 Å². The zero-order valence-electron chi connectivity index (χ0n) is 14.0. The van der Waals surface area contributed by atoms with Crippen molar-refractivity contribution in [3.63, 3.8) is 0 Å². The van der Waals surface area contributed by atoms with Crippen LogP contribution < -0.4 is 0 Å². The highest BCUT2D eigenvalue weighted by molar-refractivity contribution is 5.96. The summed E-state index contributed by atoms with van der Waals surface area (Å²) in [6.45, 7) is 0.806. The Morgan fingerprint density at radius 1 is 1.16 bits per heavy atom. The van der Waals surface area contributed by atoms with Gasteiger partial charge >= 0.3 is 0 Å². The van der Waals surface area contributed by atoms with Crippen LogP contribution in [0.25, 0.3) is 0 Å². The molecule has 1 unspecified atom stereocenters. The molecule has 4 nitrogen and oxygen atoms in total. The first-order chi connectivity index (χ1) is 12.2. The molecule has 0 saturated carbocycles. The van der Waals surface area contributed by atoms with Crippen molar-refractivity contribution in [2.24, 2.45) is 4.99 Å². The van der Waals surface area contributed by atoms with Crippen molar-refractivity contribution in [1.29, 1.82) is 0 Å². The molecular formula is C21H20N2O2. The highest BCUT2D eigenvalue weighted by Gasteiger charge is 2.41. The van der Waals surface area contributed by atoms with E-state index in [1.165, 1.54) is 16.7 Å². The van der Waals surface area contributed by atoms with E-state index in [1.54, 1.807) is 6.07 Å². The van der Waals surface area contributed by atoms with Gasteiger partial charge in [-0.15, -0.1) is 0 Å². The maximum absolute atomic E-state index is 13.2. The number of phenolic OH excluding ortho intramolecular Hbond substituents is 1. The fourth-order valence-electron chi connectivity index (χ4n) is 4.68. The van der Waals surface area contributed by atoms with Gasteiger partial charge in [-0.2, -0.15) is 0 Å². The number of nitrogens with zero attached hydrogens (tertiary/aromatic N) is 2. The molecule has 2 aromatic carbocycles. The van der Waals surface area contributed by atoms with Gasteiger partial charge in [-0.05, 0) is 60.2 Å². The van der Waals surface area contributed by atoms with E-state index in [0.29, 0.717) is 11.7 Å². The van der Waals surface area contributed by atoms with Gasteiger partial charge in [0.15, 0.2) is 0 Å². The molecule has 0 spiro atoms. The number of likely N-dealkylation sites (tertiary alicyclic amines) is 1. The zero-order chi connectivity index (χ0) is 17.0. The second-order valence-corrected chi connectivity index (χ2v) is 7.26. The first-order valence-electron chi connectivity index (χ1n) is 8.99. The molecule has 4 heteroatoms. The summed E-state index contributed by atoms with van der Waals surface area (Å²) < 4.78 is 0. The van der Waals surface area contributed by atoms with E-state index in [0.717, 1.165) is 43.5 Å². The molecule has 25 heavy (non-hydrogen) atoms. The van der Waals surface area contributed by atoms with Crippen molar-refractivity contribution < 1.29 is 9.90 Å². The zero-order valence-corrected chi connectivity index (χ0v) is 14.0. The van der Waals surface area contributed by atoms with E-state index in [-0.39, 0.29) is 11.9 Å². The first-order valence-corrected chi connectivity index (χ1v) is 8.99. The van der Waals surface area contributed by atoms with Crippen molar-refractivity contribution in [3.8, 4) is 5.75 Å². The molecule has 1 N–H and O–H groups in total. The molecule has 0 aromatic heterocycles. The number of phenols is 1. The van der Waals surface area contributed by atoms with Gasteiger partial charge in [0.2, 0.25) is 0 Å². The number of fused-ring (bicyclic) bond motifs is 4. The molecule has 3 aliphatic rings. The lowest BCUT2D eigenvalue weighted by Crippen LogP contribution is -2.46. The van der Waals surface area contributed by atoms with Crippen LogP contribution in [-0.2, 0) is 12.8 Å². The van der Waals surface area contributed by atoms with Crippen LogP contribution in [0.5, 0.6) is 5.75 Å². The molecule has 126 valence electrons. The van der Waals surface area contributed by atoms with E-state index in [2.05, 4.69) is 4.99 Å². The van der Waals surface area contributed by atoms with Crippen LogP contribution in [0.2, 0.25) is 0 Å². The lowest BCUT2D eigenvalue weighted by Gasteiger charge is -2.38. The third kappa shape index (κ3) is 2.28. The van der Waals surface area contributed by atoms with Crippen LogP contribution >= 0.6 is 0 Å². The number of hydrogen-bond donors (Lipinski definition) is 1. The third-order valence-electron chi connectivity index (χ3n) is 5.87. The van der Waals surface area contributed by atoms with Crippen LogP contribution in [0.1, 0.15) is 45.8 Å². The third-order valence-corrected chi connectivity index (χ3v) is 5.87. The molecule has 0 bridgehead atoms. The molecule has 2 aromatic rings. The summed E-state index contributed by atoms with van der Waals surface area (Å²) in [7, 11) is 0. The number of carbonyl (C=O) groups is 1. The number of carbonyl (C=O) groups excluding carboxylic acids is 1. The topological polar surface area (TPSA) is 52.9 Å². The lowest BCUT2D eigenvalue weighted by atomic mass is 9.88.